The Balaban J connectivity index is 1.55. The van der Waals surface area contributed by atoms with Crippen molar-refractivity contribution in [1.82, 2.24) is 4.72 Å². The van der Waals surface area contributed by atoms with Gasteiger partial charge in [-0.2, -0.15) is 0 Å². The fourth-order valence-corrected chi connectivity index (χ4v) is 4.64. The van der Waals surface area contributed by atoms with Gasteiger partial charge in [0, 0.05) is 25.2 Å². The molecule has 1 heterocycles. The zero-order valence-corrected chi connectivity index (χ0v) is 16.8. The number of hydrogen-bond acceptors (Lipinski definition) is 4. The summed E-state index contributed by atoms with van der Waals surface area (Å²) in [7, 11) is -3.69. The number of sulfonamides is 1. The van der Waals surface area contributed by atoms with E-state index in [4.69, 9.17) is 0 Å². The maximum absolute atomic E-state index is 14.5. The number of benzene rings is 2. The molecule has 1 saturated carbocycles. The van der Waals surface area contributed by atoms with E-state index >= 15 is 0 Å². The number of halogens is 1. The van der Waals surface area contributed by atoms with E-state index in [9.17, 15) is 17.6 Å². The minimum atomic E-state index is -3.69. The van der Waals surface area contributed by atoms with Crippen molar-refractivity contribution in [3.8, 4) is 0 Å². The summed E-state index contributed by atoms with van der Waals surface area (Å²) < 4.78 is 42.0. The highest BCUT2D eigenvalue weighted by atomic mass is 32.2. The van der Waals surface area contributed by atoms with Gasteiger partial charge in [-0.3, -0.25) is 4.79 Å². The quantitative estimate of drug-likeness (QED) is 0.724. The third kappa shape index (κ3) is 4.59. The molecule has 2 aromatic carbocycles. The van der Waals surface area contributed by atoms with Crippen LogP contribution >= 0.6 is 0 Å². The molecule has 1 amide bonds. The Labute approximate surface area is 170 Å². The first kappa shape index (κ1) is 19.8. The largest absolute Gasteiger partial charge is 0.370 e. The van der Waals surface area contributed by atoms with Crippen molar-refractivity contribution in [2.45, 2.75) is 30.6 Å². The Hall–Kier alpha value is -2.45. The molecule has 2 aromatic rings. The Morgan fingerprint density at radius 1 is 1.10 bits per heavy atom. The topological polar surface area (TPSA) is 78.5 Å². The molecule has 2 fully saturated rings. The maximum Gasteiger partial charge on any atom is 0.255 e. The van der Waals surface area contributed by atoms with Gasteiger partial charge < -0.3 is 10.2 Å². The van der Waals surface area contributed by atoms with Crippen molar-refractivity contribution < 1.29 is 17.6 Å². The molecule has 1 saturated heterocycles. The lowest BCUT2D eigenvalue weighted by Crippen LogP contribution is -2.26. The number of amides is 1. The molecule has 0 unspecified atom stereocenters. The van der Waals surface area contributed by atoms with Crippen molar-refractivity contribution >= 4 is 27.3 Å². The Morgan fingerprint density at radius 2 is 1.83 bits per heavy atom. The SMILES string of the molecule is O=C(Nc1c(F)cccc1N1CCCC1)c1cccc(S(=O)(=O)NCC2CC2)c1. The van der Waals surface area contributed by atoms with Crippen LogP contribution in [-0.2, 0) is 10.0 Å². The molecule has 0 aromatic heterocycles. The number of carbonyl (C=O) groups is 1. The molecule has 29 heavy (non-hydrogen) atoms. The van der Waals surface area contributed by atoms with Gasteiger partial charge in [0.15, 0.2) is 0 Å². The van der Waals surface area contributed by atoms with Crippen molar-refractivity contribution in [1.29, 1.82) is 0 Å². The Bertz CT molecular complexity index is 1020. The molecule has 2 N–H and O–H groups in total. The van der Waals surface area contributed by atoms with Crippen molar-refractivity contribution in [2.75, 3.05) is 29.9 Å². The number of hydrogen-bond donors (Lipinski definition) is 2. The van der Waals surface area contributed by atoms with E-state index in [1.54, 1.807) is 12.1 Å². The number of nitrogens with zero attached hydrogens (tertiary/aromatic N) is 1. The summed E-state index contributed by atoms with van der Waals surface area (Å²) in [5.41, 5.74) is 0.931. The molecule has 2 aliphatic rings. The smallest absolute Gasteiger partial charge is 0.255 e. The molecule has 0 radical (unpaired) electrons. The summed E-state index contributed by atoms with van der Waals surface area (Å²) in [5, 5.41) is 2.64. The first-order valence-corrected chi connectivity index (χ1v) is 11.4. The van der Waals surface area contributed by atoms with Gasteiger partial charge in [0.25, 0.3) is 5.91 Å². The monoisotopic (exact) mass is 417 g/mol. The molecule has 4 rings (SSSR count). The minimum absolute atomic E-state index is 0.0269. The highest BCUT2D eigenvalue weighted by Gasteiger charge is 2.25. The lowest BCUT2D eigenvalue weighted by Gasteiger charge is -2.22. The van der Waals surface area contributed by atoms with E-state index in [0.717, 1.165) is 38.8 Å². The van der Waals surface area contributed by atoms with Crippen LogP contribution in [-0.4, -0.2) is 34.0 Å². The summed E-state index contributed by atoms with van der Waals surface area (Å²) in [6.45, 7) is 2.03. The first-order chi connectivity index (χ1) is 13.9. The van der Waals surface area contributed by atoms with Crippen molar-refractivity contribution in [3.63, 3.8) is 0 Å². The molecule has 6 nitrogen and oxygen atoms in total. The molecular weight excluding hydrogens is 393 g/mol. The van der Waals surface area contributed by atoms with E-state index in [-0.39, 0.29) is 16.1 Å². The Kier molecular flexibility index (Phi) is 5.56. The van der Waals surface area contributed by atoms with Crippen LogP contribution in [0.15, 0.2) is 47.4 Å². The molecule has 0 atom stereocenters. The third-order valence-corrected chi connectivity index (χ3v) is 6.76. The molecule has 0 bridgehead atoms. The van der Waals surface area contributed by atoms with E-state index in [0.29, 0.717) is 18.2 Å². The fraction of sp³-hybridized carbons (Fsp3) is 0.381. The van der Waals surface area contributed by atoms with Gasteiger partial charge in [-0.25, -0.2) is 17.5 Å². The summed E-state index contributed by atoms with van der Waals surface area (Å²) in [4.78, 5) is 14.8. The van der Waals surface area contributed by atoms with Crippen LogP contribution in [0.5, 0.6) is 0 Å². The summed E-state index contributed by atoms with van der Waals surface area (Å²) in [6.07, 6.45) is 4.12. The van der Waals surface area contributed by atoms with Gasteiger partial charge in [0.1, 0.15) is 11.5 Å². The lowest BCUT2D eigenvalue weighted by atomic mass is 10.2. The van der Waals surface area contributed by atoms with E-state index in [2.05, 4.69) is 10.0 Å². The Morgan fingerprint density at radius 3 is 2.55 bits per heavy atom. The highest BCUT2D eigenvalue weighted by Crippen LogP contribution is 2.32. The molecule has 8 heteroatoms. The van der Waals surface area contributed by atoms with Crippen molar-refractivity contribution in [3.05, 3.63) is 53.8 Å². The number of anilines is 2. The number of carbonyl (C=O) groups excluding carboxylic acids is 1. The van der Waals surface area contributed by atoms with Crippen molar-refractivity contribution in [2.24, 2.45) is 5.92 Å². The van der Waals surface area contributed by atoms with Crippen LogP contribution in [0.25, 0.3) is 0 Å². The van der Waals surface area contributed by atoms with E-state index < -0.39 is 21.7 Å². The van der Waals surface area contributed by atoms with Gasteiger partial charge in [0.2, 0.25) is 10.0 Å². The maximum atomic E-state index is 14.5. The molecule has 1 aliphatic carbocycles. The van der Waals surface area contributed by atoms with E-state index in [1.807, 2.05) is 4.90 Å². The highest BCUT2D eigenvalue weighted by molar-refractivity contribution is 7.89. The van der Waals surface area contributed by atoms with Gasteiger partial charge in [-0.05, 0) is 61.9 Å². The molecule has 1 aliphatic heterocycles. The van der Waals surface area contributed by atoms with Crippen LogP contribution in [0.3, 0.4) is 0 Å². The fourth-order valence-electron chi connectivity index (χ4n) is 3.48. The number of rotatable bonds is 7. The van der Waals surface area contributed by atoms with Crippen LogP contribution in [0.4, 0.5) is 15.8 Å². The number of para-hydroxylation sites is 1. The predicted molar refractivity (Wildman–Crippen MR) is 110 cm³/mol. The van der Waals surface area contributed by atoms with Gasteiger partial charge in [-0.1, -0.05) is 12.1 Å². The average molecular weight is 418 g/mol. The molecule has 0 spiro atoms. The van der Waals surface area contributed by atoms with Gasteiger partial charge in [-0.15, -0.1) is 0 Å². The predicted octanol–water partition coefficient (Wildman–Crippen LogP) is 3.37. The number of nitrogens with one attached hydrogen (secondary N) is 2. The standard InChI is InChI=1S/C21H24FN3O3S/c22-18-7-4-8-19(25-11-1-2-12-25)20(18)24-21(26)16-5-3-6-17(13-16)29(27,28)23-14-15-9-10-15/h3-8,13,15,23H,1-2,9-12,14H2,(H,24,26). The van der Waals surface area contributed by atoms with E-state index in [1.165, 1.54) is 30.3 Å². The van der Waals surface area contributed by atoms with Crippen LogP contribution in [0.1, 0.15) is 36.0 Å². The normalized spacial score (nSPS) is 16.8. The first-order valence-electron chi connectivity index (χ1n) is 9.88. The summed E-state index contributed by atoms with van der Waals surface area (Å²) >= 11 is 0. The second-order valence-electron chi connectivity index (χ2n) is 7.61. The second-order valence-corrected chi connectivity index (χ2v) is 9.37. The van der Waals surface area contributed by atoms with Crippen LogP contribution < -0.4 is 14.9 Å². The third-order valence-electron chi connectivity index (χ3n) is 5.34. The summed E-state index contributed by atoms with van der Waals surface area (Å²) in [6, 6.07) is 10.5. The average Bonchev–Trinajstić information content (AvgIpc) is 3.40. The zero-order valence-electron chi connectivity index (χ0n) is 16.0. The molecule has 154 valence electrons. The second kappa shape index (κ2) is 8.12. The van der Waals surface area contributed by atoms with Crippen LogP contribution in [0, 0.1) is 11.7 Å². The van der Waals surface area contributed by atoms with Gasteiger partial charge >= 0.3 is 0 Å². The zero-order chi connectivity index (χ0) is 20.4. The lowest BCUT2D eigenvalue weighted by molar-refractivity contribution is 0.102. The molecular formula is C21H24FN3O3S. The summed E-state index contributed by atoms with van der Waals surface area (Å²) in [5.74, 6) is -0.659. The van der Waals surface area contributed by atoms with Crippen LogP contribution in [0.2, 0.25) is 0 Å². The minimum Gasteiger partial charge on any atom is -0.370 e. The van der Waals surface area contributed by atoms with Gasteiger partial charge in [0.05, 0.1) is 10.6 Å².